The van der Waals surface area contributed by atoms with Crippen LogP contribution >= 0.6 is 11.8 Å². The fourth-order valence-corrected chi connectivity index (χ4v) is 3.09. The summed E-state index contributed by atoms with van der Waals surface area (Å²) in [7, 11) is -3.51. The molecule has 0 aliphatic carbocycles. The third kappa shape index (κ3) is 3.30. The van der Waals surface area contributed by atoms with Crippen LogP contribution in [-0.2, 0) is 10.2 Å². The zero-order valence-electron chi connectivity index (χ0n) is 7.04. The molecule has 0 saturated carbocycles. The lowest BCUT2D eigenvalue weighted by molar-refractivity contribution is 0.553. The van der Waals surface area contributed by atoms with Crippen molar-refractivity contribution in [2.24, 2.45) is 5.14 Å². The van der Waals surface area contributed by atoms with Gasteiger partial charge in [0, 0.05) is 11.3 Å². The highest BCUT2D eigenvalue weighted by molar-refractivity contribution is 8.00. The molecular weight excluding hydrogens is 196 g/mol. The van der Waals surface area contributed by atoms with Crippen molar-refractivity contribution in [2.75, 3.05) is 12.3 Å². The molecule has 0 aromatic heterocycles. The summed E-state index contributed by atoms with van der Waals surface area (Å²) in [5.74, 6) is 1.11. The van der Waals surface area contributed by atoms with Gasteiger partial charge in [-0.3, -0.25) is 0 Å². The molecule has 0 radical (unpaired) electrons. The molecule has 4 nitrogen and oxygen atoms in total. The fourth-order valence-electron chi connectivity index (χ4n) is 1.23. The second-order valence-electron chi connectivity index (χ2n) is 3.27. The van der Waals surface area contributed by atoms with Gasteiger partial charge in [0.1, 0.15) is 0 Å². The Morgan fingerprint density at radius 1 is 1.67 bits per heavy atom. The highest BCUT2D eigenvalue weighted by atomic mass is 32.2. The van der Waals surface area contributed by atoms with Crippen LogP contribution in [-0.4, -0.2) is 25.5 Å². The van der Waals surface area contributed by atoms with E-state index in [1.807, 2.05) is 0 Å². The molecule has 1 saturated heterocycles. The minimum absolute atomic E-state index is 0.0481. The van der Waals surface area contributed by atoms with E-state index in [1.165, 1.54) is 0 Å². The molecule has 1 aliphatic heterocycles. The maximum Gasteiger partial charge on any atom is 0.274 e. The Bertz CT molecular complexity index is 244. The molecule has 0 amide bonds. The van der Waals surface area contributed by atoms with Gasteiger partial charge in [0.25, 0.3) is 10.2 Å². The number of nitrogens with one attached hydrogen (secondary N) is 1. The van der Waals surface area contributed by atoms with Crippen LogP contribution in [0.2, 0.25) is 0 Å². The van der Waals surface area contributed by atoms with Gasteiger partial charge in [-0.2, -0.15) is 20.2 Å². The molecular formula is C6H14N2O2S2. The zero-order valence-corrected chi connectivity index (χ0v) is 8.67. The van der Waals surface area contributed by atoms with E-state index in [-0.39, 0.29) is 4.75 Å². The predicted octanol–water partition coefficient (Wildman–Crippen LogP) is 0.0652. The topological polar surface area (TPSA) is 72.2 Å². The van der Waals surface area contributed by atoms with E-state index in [0.717, 1.165) is 18.6 Å². The summed E-state index contributed by atoms with van der Waals surface area (Å²) in [5.41, 5.74) is 0. The standard InChI is InChI=1S/C6H14N2O2S2/c1-6(3-2-4-11-6)5-8-12(7,9)10/h8H,2-5H2,1H3,(H2,7,9,10). The first kappa shape index (κ1) is 10.3. The van der Waals surface area contributed by atoms with Crippen LogP contribution in [0.5, 0.6) is 0 Å². The highest BCUT2D eigenvalue weighted by Crippen LogP contribution is 2.36. The third-order valence-corrected chi connectivity index (χ3v) is 4.03. The number of hydrogen-bond acceptors (Lipinski definition) is 3. The Balaban J connectivity index is 2.41. The first-order valence-corrected chi connectivity index (χ1v) is 6.36. The summed E-state index contributed by atoms with van der Waals surface area (Å²) < 4.78 is 23.6. The molecule has 0 aromatic carbocycles. The lowest BCUT2D eigenvalue weighted by Crippen LogP contribution is -2.40. The number of nitrogens with two attached hydrogens (primary N) is 1. The largest absolute Gasteiger partial charge is 0.274 e. The van der Waals surface area contributed by atoms with Crippen molar-refractivity contribution in [1.29, 1.82) is 0 Å². The van der Waals surface area contributed by atoms with Gasteiger partial charge in [-0.15, -0.1) is 0 Å². The van der Waals surface area contributed by atoms with E-state index in [9.17, 15) is 8.42 Å². The van der Waals surface area contributed by atoms with Gasteiger partial charge in [0.2, 0.25) is 0 Å². The average Bonchev–Trinajstić information content (AvgIpc) is 2.32. The van der Waals surface area contributed by atoms with Gasteiger partial charge < -0.3 is 0 Å². The van der Waals surface area contributed by atoms with E-state index in [4.69, 9.17) is 5.14 Å². The van der Waals surface area contributed by atoms with Gasteiger partial charge in [-0.05, 0) is 25.5 Å². The molecule has 1 aliphatic rings. The quantitative estimate of drug-likeness (QED) is 0.692. The lowest BCUT2D eigenvalue weighted by Gasteiger charge is -2.21. The molecule has 3 N–H and O–H groups in total. The second kappa shape index (κ2) is 3.53. The van der Waals surface area contributed by atoms with E-state index in [1.54, 1.807) is 11.8 Å². The molecule has 0 spiro atoms. The van der Waals surface area contributed by atoms with E-state index >= 15 is 0 Å². The fraction of sp³-hybridized carbons (Fsp3) is 1.00. The van der Waals surface area contributed by atoms with Crippen LogP contribution < -0.4 is 9.86 Å². The SMILES string of the molecule is CC1(CNS(N)(=O)=O)CCCS1. The number of thioether (sulfide) groups is 1. The molecule has 12 heavy (non-hydrogen) atoms. The Hall–Kier alpha value is 0.220. The molecule has 0 bridgehead atoms. The first-order valence-electron chi connectivity index (χ1n) is 3.83. The van der Waals surface area contributed by atoms with Crippen molar-refractivity contribution in [3.8, 4) is 0 Å². The lowest BCUT2D eigenvalue weighted by atomic mass is 10.1. The summed E-state index contributed by atoms with van der Waals surface area (Å²) in [6.45, 7) is 2.50. The van der Waals surface area contributed by atoms with Crippen LogP contribution in [0.25, 0.3) is 0 Å². The Kier molecular flexibility index (Phi) is 3.03. The summed E-state index contributed by atoms with van der Waals surface area (Å²) in [4.78, 5) is 0. The van der Waals surface area contributed by atoms with Crippen LogP contribution in [0.3, 0.4) is 0 Å². The minimum Gasteiger partial charge on any atom is -0.216 e. The summed E-state index contributed by atoms with van der Waals surface area (Å²) in [5, 5.41) is 4.82. The predicted molar refractivity (Wildman–Crippen MR) is 51.2 cm³/mol. The van der Waals surface area contributed by atoms with Crippen molar-refractivity contribution in [3.05, 3.63) is 0 Å². The number of hydrogen-bond donors (Lipinski definition) is 2. The molecule has 1 fully saturated rings. The summed E-state index contributed by atoms with van der Waals surface area (Å²) in [6.07, 6.45) is 2.22. The first-order chi connectivity index (χ1) is 5.41. The van der Waals surface area contributed by atoms with E-state index in [0.29, 0.717) is 6.54 Å². The summed E-state index contributed by atoms with van der Waals surface area (Å²) >= 11 is 1.80. The Labute approximate surface area is 77.5 Å². The molecule has 0 aromatic rings. The maximum atomic E-state index is 10.6. The van der Waals surface area contributed by atoms with Gasteiger partial charge in [-0.25, -0.2) is 9.86 Å². The summed E-state index contributed by atoms with van der Waals surface area (Å²) in [6, 6.07) is 0. The van der Waals surface area contributed by atoms with Crippen molar-refractivity contribution in [1.82, 2.24) is 4.72 Å². The molecule has 1 unspecified atom stereocenters. The monoisotopic (exact) mass is 210 g/mol. The van der Waals surface area contributed by atoms with E-state index in [2.05, 4.69) is 11.6 Å². The number of rotatable bonds is 3. The van der Waals surface area contributed by atoms with Crippen molar-refractivity contribution in [3.63, 3.8) is 0 Å². The Morgan fingerprint density at radius 3 is 2.75 bits per heavy atom. The Morgan fingerprint density at radius 2 is 2.33 bits per heavy atom. The van der Waals surface area contributed by atoms with Crippen LogP contribution in [0, 0.1) is 0 Å². The van der Waals surface area contributed by atoms with Crippen molar-refractivity contribution >= 4 is 22.0 Å². The molecule has 6 heteroatoms. The molecule has 1 atom stereocenters. The second-order valence-corrected chi connectivity index (χ2v) is 6.33. The van der Waals surface area contributed by atoms with Gasteiger partial charge >= 0.3 is 0 Å². The van der Waals surface area contributed by atoms with Crippen LogP contribution in [0.4, 0.5) is 0 Å². The normalized spacial score (nSPS) is 30.8. The van der Waals surface area contributed by atoms with Crippen LogP contribution in [0.15, 0.2) is 0 Å². The average molecular weight is 210 g/mol. The zero-order chi connectivity index (χ0) is 9.24. The van der Waals surface area contributed by atoms with Gasteiger partial charge in [0.05, 0.1) is 0 Å². The van der Waals surface area contributed by atoms with E-state index < -0.39 is 10.2 Å². The molecule has 1 heterocycles. The molecule has 1 rings (SSSR count). The third-order valence-electron chi connectivity index (χ3n) is 1.95. The molecule has 72 valence electrons. The van der Waals surface area contributed by atoms with Crippen molar-refractivity contribution < 1.29 is 8.42 Å². The van der Waals surface area contributed by atoms with Crippen LogP contribution in [0.1, 0.15) is 19.8 Å². The maximum absolute atomic E-state index is 10.6. The highest BCUT2D eigenvalue weighted by Gasteiger charge is 2.29. The van der Waals surface area contributed by atoms with Gasteiger partial charge in [-0.1, -0.05) is 0 Å². The van der Waals surface area contributed by atoms with Crippen molar-refractivity contribution in [2.45, 2.75) is 24.5 Å². The minimum atomic E-state index is -3.51. The smallest absolute Gasteiger partial charge is 0.216 e. The van der Waals surface area contributed by atoms with Gasteiger partial charge in [0.15, 0.2) is 0 Å².